The highest BCUT2D eigenvalue weighted by molar-refractivity contribution is 7.89. The van der Waals surface area contributed by atoms with Gasteiger partial charge in [-0.05, 0) is 60.9 Å². The number of rotatable bonds is 11. The molecule has 0 aliphatic heterocycles. The first-order valence-corrected chi connectivity index (χ1v) is 14.2. The van der Waals surface area contributed by atoms with Crippen molar-refractivity contribution in [3.63, 3.8) is 0 Å². The van der Waals surface area contributed by atoms with Crippen LogP contribution in [0.4, 0.5) is 19.0 Å². The van der Waals surface area contributed by atoms with Crippen molar-refractivity contribution in [2.45, 2.75) is 43.2 Å². The standard InChI is InChI=1S/C28H30F3N5O5S/c1-17(33-15-25(37)20-7-9-26(32)34-14-20)10-18-6-8-23-21(11-18)13-24(27(38)39)36(23)16-19-4-3-5-22(12-19)42(40,41)35(2)28(29,30)31/h3-9,11-14,17,25,33,37H,10,15-16H2,1-2H3,(H2,32,34)(H,38,39). The number of hydrogen-bond acceptors (Lipinski definition) is 7. The van der Waals surface area contributed by atoms with E-state index < -0.39 is 37.6 Å². The number of nitrogens with zero attached hydrogens (tertiary/aromatic N) is 3. The monoisotopic (exact) mass is 605 g/mol. The van der Waals surface area contributed by atoms with Gasteiger partial charge in [-0.25, -0.2) is 18.2 Å². The minimum Gasteiger partial charge on any atom is -0.477 e. The average molecular weight is 606 g/mol. The smallest absolute Gasteiger partial charge is 0.473 e. The molecular weight excluding hydrogens is 575 g/mol. The Morgan fingerprint density at radius 2 is 1.86 bits per heavy atom. The van der Waals surface area contributed by atoms with Gasteiger partial charge in [-0.15, -0.1) is 4.31 Å². The maximum atomic E-state index is 13.1. The first-order valence-electron chi connectivity index (χ1n) is 12.8. The lowest BCUT2D eigenvalue weighted by Crippen LogP contribution is -2.39. The summed E-state index contributed by atoms with van der Waals surface area (Å²) in [5, 5.41) is 24.1. The van der Waals surface area contributed by atoms with Crippen molar-refractivity contribution < 1.29 is 36.6 Å². The van der Waals surface area contributed by atoms with Crippen LogP contribution in [0.5, 0.6) is 0 Å². The van der Waals surface area contributed by atoms with Gasteiger partial charge < -0.3 is 25.8 Å². The summed E-state index contributed by atoms with van der Waals surface area (Å²) in [6.07, 6.45) is -3.79. The summed E-state index contributed by atoms with van der Waals surface area (Å²) in [5.74, 6) is -0.854. The third-order valence-electron chi connectivity index (χ3n) is 6.84. The van der Waals surface area contributed by atoms with Crippen LogP contribution in [0.3, 0.4) is 0 Å². The minimum atomic E-state index is -5.10. The van der Waals surface area contributed by atoms with E-state index in [1.807, 2.05) is 19.1 Å². The highest BCUT2D eigenvalue weighted by Crippen LogP contribution is 2.28. The van der Waals surface area contributed by atoms with Crippen LogP contribution in [-0.4, -0.2) is 64.4 Å². The molecule has 4 aromatic rings. The second-order valence-electron chi connectivity index (χ2n) is 9.95. The van der Waals surface area contributed by atoms with Crippen LogP contribution in [0, 0.1) is 0 Å². The number of benzene rings is 2. The number of carboxylic acids is 1. The summed E-state index contributed by atoms with van der Waals surface area (Å²) in [5.41, 5.74) is 7.93. The fourth-order valence-electron chi connectivity index (χ4n) is 4.55. The highest BCUT2D eigenvalue weighted by atomic mass is 32.2. The zero-order chi connectivity index (χ0) is 30.8. The Bertz CT molecular complexity index is 1690. The second kappa shape index (κ2) is 12.1. The fourth-order valence-corrected chi connectivity index (χ4v) is 5.69. The Labute approximate surface area is 240 Å². The van der Waals surface area contributed by atoms with Gasteiger partial charge in [-0.1, -0.05) is 24.3 Å². The van der Waals surface area contributed by atoms with Gasteiger partial charge in [0.05, 0.1) is 11.0 Å². The van der Waals surface area contributed by atoms with Gasteiger partial charge >= 0.3 is 12.3 Å². The van der Waals surface area contributed by atoms with Crippen molar-refractivity contribution in [1.29, 1.82) is 0 Å². The number of nitrogens with one attached hydrogen (secondary N) is 1. The van der Waals surface area contributed by atoms with Crippen molar-refractivity contribution in [1.82, 2.24) is 19.2 Å². The second-order valence-corrected chi connectivity index (χ2v) is 11.9. The van der Waals surface area contributed by atoms with E-state index in [1.165, 1.54) is 29.0 Å². The van der Waals surface area contributed by atoms with Crippen molar-refractivity contribution in [2.24, 2.45) is 0 Å². The van der Waals surface area contributed by atoms with Crippen LogP contribution in [0.25, 0.3) is 10.9 Å². The molecule has 2 atom stereocenters. The average Bonchev–Trinajstić information content (AvgIpc) is 3.29. The summed E-state index contributed by atoms with van der Waals surface area (Å²) < 4.78 is 65.0. The Kier molecular flexibility index (Phi) is 8.92. The molecule has 0 amide bonds. The zero-order valence-corrected chi connectivity index (χ0v) is 23.5. The number of sulfonamides is 1. The fraction of sp³-hybridized carbons (Fsp3) is 0.286. The van der Waals surface area contributed by atoms with Gasteiger partial charge in [-0.2, -0.15) is 13.2 Å². The number of halogens is 3. The number of alkyl halides is 3. The summed E-state index contributed by atoms with van der Waals surface area (Å²) >= 11 is 0. The summed E-state index contributed by atoms with van der Waals surface area (Å²) in [6.45, 7) is 2.14. The molecule has 14 heteroatoms. The third-order valence-corrected chi connectivity index (χ3v) is 8.61. The quantitative estimate of drug-likeness (QED) is 0.189. The Hall–Kier alpha value is -3.98. The Morgan fingerprint density at radius 1 is 1.12 bits per heavy atom. The number of aromatic nitrogens is 2. The van der Waals surface area contributed by atoms with Gasteiger partial charge in [0.15, 0.2) is 0 Å². The van der Waals surface area contributed by atoms with Crippen LogP contribution in [0.15, 0.2) is 71.8 Å². The predicted octanol–water partition coefficient (Wildman–Crippen LogP) is 3.76. The van der Waals surface area contributed by atoms with Gasteiger partial charge in [0.25, 0.3) is 0 Å². The number of fused-ring (bicyclic) bond motifs is 1. The molecule has 4 rings (SSSR count). The third kappa shape index (κ3) is 6.90. The molecule has 0 bridgehead atoms. The number of carbonyl (C=O) groups is 1. The molecule has 0 spiro atoms. The normalized spacial score (nSPS) is 13.9. The number of hydrogen-bond donors (Lipinski definition) is 4. The highest BCUT2D eigenvalue weighted by Gasteiger charge is 2.43. The number of aliphatic hydroxyl groups is 1. The predicted molar refractivity (Wildman–Crippen MR) is 150 cm³/mol. The molecule has 10 nitrogen and oxygen atoms in total. The SMILES string of the molecule is CC(Cc1ccc2c(c1)cc(C(=O)O)n2Cc1cccc(S(=O)(=O)N(C)C(F)(F)F)c1)NCC(O)c1ccc(N)nc1. The first kappa shape index (κ1) is 31.0. The molecule has 2 aromatic carbocycles. The molecule has 0 fully saturated rings. The van der Waals surface area contributed by atoms with E-state index >= 15 is 0 Å². The lowest BCUT2D eigenvalue weighted by Gasteiger charge is -2.20. The van der Waals surface area contributed by atoms with Gasteiger partial charge in [-0.3, -0.25) is 0 Å². The lowest BCUT2D eigenvalue weighted by molar-refractivity contribution is -0.202. The maximum Gasteiger partial charge on any atom is 0.473 e. The van der Waals surface area contributed by atoms with Crippen LogP contribution < -0.4 is 11.1 Å². The van der Waals surface area contributed by atoms with Crippen LogP contribution in [0.1, 0.15) is 40.2 Å². The van der Waals surface area contributed by atoms with E-state index in [2.05, 4.69) is 10.3 Å². The Morgan fingerprint density at radius 3 is 2.50 bits per heavy atom. The van der Waals surface area contributed by atoms with Crippen molar-refractivity contribution in [2.75, 3.05) is 19.3 Å². The van der Waals surface area contributed by atoms with E-state index in [4.69, 9.17) is 5.73 Å². The topological polar surface area (TPSA) is 151 Å². The van der Waals surface area contributed by atoms with Crippen molar-refractivity contribution in [3.05, 3.63) is 89.2 Å². The number of anilines is 1. The van der Waals surface area contributed by atoms with Crippen molar-refractivity contribution in [3.8, 4) is 0 Å². The first-order chi connectivity index (χ1) is 19.7. The minimum absolute atomic E-state index is 0.0422. The summed E-state index contributed by atoms with van der Waals surface area (Å²) in [7, 11) is -4.43. The maximum absolute atomic E-state index is 13.1. The summed E-state index contributed by atoms with van der Waals surface area (Å²) in [6, 6.07) is 15.2. The molecule has 0 radical (unpaired) electrons. The molecule has 42 heavy (non-hydrogen) atoms. The summed E-state index contributed by atoms with van der Waals surface area (Å²) in [4.78, 5) is 15.5. The lowest BCUT2D eigenvalue weighted by atomic mass is 10.0. The number of carboxylic acid groups (broad SMARTS) is 1. The molecule has 2 heterocycles. The van der Waals surface area contributed by atoms with E-state index in [9.17, 15) is 36.6 Å². The molecule has 0 saturated heterocycles. The number of pyridine rings is 1. The van der Waals surface area contributed by atoms with Crippen LogP contribution in [0.2, 0.25) is 0 Å². The molecule has 2 aromatic heterocycles. The number of nitrogen functional groups attached to an aromatic ring is 1. The van der Waals surface area contributed by atoms with E-state index in [0.29, 0.717) is 41.3 Å². The van der Waals surface area contributed by atoms with E-state index in [-0.39, 0.29) is 24.8 Å². The van der Waals surface area contributed by atoms with Crippen LogP contribution in [-0.2, 0) is 23.0 Å². The van der Waals surface area contributed by atoms with Crippen molar-refractivity contribution >= 4 is 32.7 Å². The van der Waals surface area contributed by atoms with E-state index in [1.54, 1.807) is 18.2 Å². The number of aliphatic hydroxyl groups excluding tert-OH is 1. The molecule has 0 aliphatic rings. The number of nitrogens with two attached hydrogens (primary N) is 1. The molecule has 0 aliphatic carbocycles. The Balaban J connectivity index is 1.53. The van der Waals surface area contributed by atoms with Gasteiger partial charge in [0.2, 0.25) is 10.0 Å². The van der Waals surface area contributed by atoms with Crippen LogP contribution >= 0.6 is 0 Å². The molecule has 0 saturated carbocycles. The molecule has 5 N–H and O–H groups in total. The molecule has 224 valence electrons. The number of aromatic carboxylic acids is 1. The molecule has 2 unspecified atom stereocenters. The zero-order valence-electron chi connectivity index (χ0n) is 22.7. The van der Waals surface area contributed by atoms with Gasteiger partial charge in [0.1, 0.15) is 11.5 Å². The van der Waals surface area contributed by atoms with Gasteiger partial charge in [0, 0.05) is 48.8 Å². The van der Waals surface area contributed by atoms with E-state index in [0.717, 1.165) is 17.7 Å². The largest absolute Gasteiger partial charge is 0.477 e. The molecular formula is C28H30F3N5O5S.